The van der Waals surface area contributed by atoms with Gasteiger partial charge in [0.2, 0.25) is 0 Å². The van der Waals surface area contributed by atoms with E-state index in [1.165, 1.54) is 12.8 Å². The molecule has 5 heteroatoms. The van der Waals surface area contributed by atoms with Crippen LogP contribution in [0.2, 0.25) is 0 Å². The van der Waals surface area contributed by atoms with Gasteiger partial charge in [0.1, 0.15) is 6.04 Å². The molecule has 1 N–H and O–H groups in total. The van der Waals surface area contributed by atoms with E-state index in [1.807, 2.05) is 0 Å². The number of carboxylic acids is 1. The molecular weight excluding hydrogens is 285 g/mol. The number of nitrogens with zero attached hydrogens (tertiary/aromatic N) is 1. The molecule has 21 heavy (non-hydrogen) atoms. The van der Waals surface area contributed by atoms with Crippen molar-refractivity contribution < 1.29 is 14.5 Å². The Balaban J connectivity index is 2.27. The third-order valence-corrected chi connectivity index (χ3v) is 10.1. The van der Waals surface area contributed by atoms with Crippen LogP contribution in [-0.2, 0) is 9.36 Å². The van der Waals surface area contributed by atoms with Crippen LogP contribution in [0, 0.1) is 0 Å². The van der Waals surface area contributed by atoms with Crippen LogP contribution in [0.1, 0.15) is 71.1 Å². The summed E-state index contributed by atoms with van der Waals surface area (Å²) in [4.78, 5) is 11.4. The van der Waals surface area contributed by atoms with Gasteiger partial charge in [0.15, 0.2) is 7.29 Å². The van der Waals surface area contributed by atoms with E-state index in [9.17, 15) is 14.5 Å². The lowest BCUT2D eigenvalue weighted by Crippen LogP contribution is -2.40. The van der Waals surface area contributed by atoms with Crippen LogP contribution in [0.5, 0.6) is 0 Å². The van der Waals surface area contributed by atoms with Crippen molar-refractivity contribution in [3.05, 3.63) is 0 Å². The molecular formula is C16H30NO3P. The van der Waals surface area contributed by atoms with E-state index < -0.39 is 19.3 Å². The largest absolute Gasteiger partial charge is 0.480 e. The van der Waals surface area contributed by atoms with E-state index in [0.717, 1.165) is 51.4 Å². The Hall–Kier alpha value is -0.340. The smallest absolute Gasteiger partial charge is 0.320 e. The minimum atomic E-state index is -2.62. The van der Waals surface area contributed by atoms with Gasteiger partial charge in [0.05, 0.1) is 0 Å². The maximum Gasteiger partial charge on any atom is 0.320 e. The molecule has 122 valence electrons. The molecule has 0 unspecified atom stereocenters. The second-order valence-corrected chi connectivity index (χ2v) is 10.3. The monoisotopic (exact) mass is 315 g/mol. The van der Waals surface area contributed by atoms with Gasteiger partial charge in [-0.25, -0.2) is 4.67 Å². The number of hydrogen-bond acceptors (Lipinski definition) is 2. The molecule has 0 aromatic heterocycles. The molecule has 0 heterocycles. The number of hydrogen-bond donors (Lipinski definition) is 1. The number of carbonyl (C=O) groups is 1. The quantitative estimate of drug-likeness (QED) is 0.767. The van der Waals surface area contributed by atoms with Gasteiger partial charge in [-0.2, -0.15) is 0 Å². The Morgan fingerprint density at radius 1 is 1.00 bits per heavy atom. The predicted molar refractivity (Wildman–Crippen MR) is 86.2 cm³/mol. The number of rotatable bonds is 5. The Labute approximate surface area is 128 Å². The predicted octanol–water partition coefficient (Wildman–Crippen LogP) is 4.33. The first kappa shape index (κ1) is 17.0. The van der Waals surface area contributed by atoms with Gasteiger partial charge < -0.3 is 9.67 Å². The Bertz CT molecular complexity index is 378. The molecule has 2 saturated carbocycles. The van der Waals surface area contributed by atoms with Crippen molar-refractivity contribution in [2.75, 3.05) is 7.05 Å². The van der Waals surface area contributed by atoms with Gasteiger partial charge in [-0.3, -0.25) is 4.79 Å². The molecule has 0 aromatic carbocycles. The van der Waals surface area contributed by atoms with E-state index >= 15 is 0 Å². The SMILES string of the molecule is C[C@@H](C(=O)O)N(C)P(=O)(C1CCCCC1)C1CCCCC1. The average molecular weight is 315 g/mol. The molecule has 4 nitrogen and oxygen atoms in total. The molecule has 0 aliphatic heterocycles. The number of carboxylic acid groups (broad SMARTS) is 1. The van der Waals surface area contributed by atoms with Crippen molar-refractivity contribution in [1.82, 2.24) is 4.67 Å². The van der Waals surface area contributed by atoms with Crippen molar-refractivity contribution in [2.24, 2.45) is 0 Å². The van der Waals surface area contributed by atoms with Crippen LogP contribution in [-0.4, -0.2) is 40.2 Å². The standard InChI is InChI=1S/C16H30NO3P/c1-13(16(18)19)17(2)21(20,14-9-5-3-6-10-14)15-11-7-4-8-12-15/h13-15H,3-12H2,1-2H3,(H,18,19)/t13-/m0/s1. The van der Waals surface area contributed by atoms with Gasteiger partial charge in [-0.1, -0.05) is 38.5 Å². The summed E-state index contributed by atoms with van der Waals surface area (Å²) in [6, 6.07) is -0.653. The highest BCUT2D eigenvalue weighted by molar-refractivity contribution is 7.63. The van der Waals surface area contributed by atoms with Crippen LogP contribution in [0.3, 0.4) is 0 Å². The van der Waals surface area contributed by atoms with Crippen molar-refractivity contribution >= 4 is 13.3 Å². The summed E-state index contributed by atoms with van der Waals surface area (Å²) in [6.07, 6.45) is 11.1. The fourth-order valence-corrected chi connectivity index (χ4v) is 8.62. The first-order chi connectivity index (χ1) is 9.98. The molecule has 0 bridgehead atoms. The van der Waals surface area contributed by atoms with E-state index in [4.69, 9.17) is 0 Å². The summed E-state index contributed by atoms with van der Waals surface area (Å²) in [5, 5.41) is 9.35. The summed E-state index contributed by atoms with van der Waals surface area (Å²) >= 11 is 0. The highest BCUT2D eigenvalue weighted by Gasteiger charge is 2.46. The second kappa shape index (κ2) is 7.28. The molecule has 2 aliphatic rings. The van der Waals surface area contributed by atoms with Crippen LogP contribution >= 0.6 is 7.29 Å². The Kier molecular flexibility index (Phi) is 5.90. The lowest BCUT2D eigenvalue weighted by molar-refractivity contribution is -0.140. The Morgan fingerprint density at radius 3 is 1.71 bits per heavy atom. The van der Waals surface area contributed by atoms with Crippen LogP contribution in [0.4, 0.5) is 0 Å². The second-order valence-electron chi connectivity index (χ2n) is 6.84. The van der Waals surface area contributed by atoms with Crippen molar-refractivity contribution in [2.45, 2.75) is 88.5 Å². The summed E-state index contributed by atoms with van der Waals surface area (Å²) in [7, 11) is -0.824. The number of aliphatic carboxylic acids is 1. The minimum absolute atomic E-state index is 0.223. The molecule has 0 amide bonds. The fraction of sp³-hybridized carbons (Fsp3) is 0.938. The van der Waals surface area contributed by atoms with Crippen molar-refractivity contribution in [3.63, 3.8) is 0 Å². The molecule has 0 saturated heterocycles. The summed E-state index contributed by atoms with van der Waals surface area (Å²) in [5.74, 6) is -0.857. The minimum Gasteiger partial charge on any atom is -0.480 e. The van der Waals surface area contributed by atoms with E-state index in [2.05, 4.69) is 0 Å². The van der Waals surface area contributed by atoms with E-state index in [-0.39, 0.29) is 11.3 Å². The zero-order chi connectivity index (χ0) is 15.5. The molecule has 0 aromatic rings. The zero-order valence-corrected chi connectivity index (χ0v) is 14.4. The first-order valence-corrected chi connectivity index (χ1v) is 10.3. The van der Waals surface area contributed by atoms with Gasteiger partial charge in [-0.15, -0.1) is 0 Å². The maximum atomic E-state index is 14.0. The topological polar surface area (TPSA) is 57.6 Å². The van der Waals surface area contributed by atoms with Gasteiger partial charge in [-0.05, 0) is 39.7 Å². The molecule has 2 rings (SSSR count). The lowest BCUT2D eigenvalue weighted by Gasteiger charge is -2.44. The van der Waals surface area contributed by atoms with Gasteiger partial charge in [0.25, 0.3) is 0 Å². The van der Waals surface area contributed by atoms with Crippen LogP contribution < -0.4 is 0 Å². The summed E-state index contributed by atoms with van der Waals surface area (Å²) < 4.78 is 15.8. The highest BCUT2D eigenvalue weighted by atomic mass is 31.2. The maximum absolute atomic E-state index is 14.0. The van der Waals surface area contributed by atoms with Gasteiger partial charge >= 0.3 is 5.97 Å². The third-order valence-electron chi connectivity index (χ3n) is 5.61. The average Bonchev–Trinajstić information content (AvgIpc) is 2.54. The van der Waals surface area contributed by atoms with Crippen LogP contribution in [0.15, 0.2) is 0 Å². The first-order valence-electron chi connectivity index (χ1n) is 8.53. The lowest BCUT2D eigenvalue weighted by atomic mass is 9.99. The zero-order valence-electron chi connectivity index (χ0n) is 13.5. The molecule has 0 spiro atoms. The highest BCUT2D eigenvalue weighted by Crippen LogP contribution is 2.65. The molecule has 2 aliphatic carbocycles. The van der Waals surface area contributed by atoms with Crippen molar-refractivity contribution in [3.8, 4) is 0 Å². The third kappa shape index (κ3) is 3.53. The molecule has 1 atom stereocenters. The summed E-state index contributed by atoms with van der Waals surface area (Å²) in [5.41, 5.74) is 0.447. The fourth-order valence-electron chi connectivity index (χ4n) is 4.15. The Morgan fingerprint density at radius 2 is 1.38 bits per heavy atom. The van der Waals surface area contributed by atoms with Crippen LogP contribution in [0.25, 0.3) is 0 Å². The van der Waals surface area contributed by atoms with Crippen molar-refractivity contribution in [1.29, 1.82) is 0 Å². The van der Waals surface area contributed by atoms with Gasteiger partial charge in [0, 0.05) is 11.3 Å². The normalized spacial score (nSPS) is 24.1. The molecule has 0 radical (unpaired) electrons. The van der Waals surface area contributed by atoms with E-state index in [1.54, 1.807) is 18.6 Å². The molecule has 2 fully saturated rings. The summed E-state index contributed by atoms with van der Waals surface area (Å²) in [6.45, 7) is 1.68. The van der Waals surface area contributed by atoms with E-state index in [0.29, 0.717) is 0 Å². The number of likely N-dealkylation sites (N-methyl/N-ethyl adjacent to an activating group) is 1.